The lowest BCUT2D eigenvalue weighted by molar-refractivity contribution is -0.142. The van der Waals surface area contributed by atoms with Gasteiger partial charge in [-0.05, 0) is 31.5 Å². The number of aliphatic carboxylic acids is 1. The van der Waals surface area contributed by atoms with Gasteiger partial charge < -0.3 is 16.2 Å². The van der Waals surface area contributed by atoms with E-state index in [0.717, 1.165) is 5.56 Å². The number of nitrogens with one attached hydrogen (secondary N) is 1. The van der Waals surface area contributed by atoms with Crippen molar-refractivity contribution < 1.29 is 19.5 Å². The molecule has 2 atom stereocenters. The van der Waals surface area contributed by atoms with Crippen LogP contribution in [0, 0.1) is 5.92 Å². The molecule has 1 aromatic carbocycles. The Kier molecular flexibility index (Phi) is 6.18. The number of urea groups is 2. The number of nitrogens with two attached hydrogens (primary N) is 1. The Morgan fingerprint density at radius 2 is 1.82 bits per heavy atom. The molecule has 0 aliphatic carbocycles. The molecule has 4 amide bonds. The Morgan fingerprint density at radius 3 is 2.27 bits per heavy atom. The number of benzene rings is 1. The van der Waals surface area contributed by atoms with Crippen LogP contribution in [0.4, 0.5) is 9.59 Å². The molecule has 22 heavy (non-hydrogen) atoms. The first-order valence-corrected chi connectivity index (χ1v) is 6.95. The maximum atomic E-state index is 12.1. The Bertz CT molecular complexity index is 562. The number of hydrogen-bond acceptors (Lipinski definition) is 3. The van der Waals surface area contributed by atoms with Gasteiger partial charge in [0.15, 0.2) is 0 Å². The molecule has 1 aromatic rings. The van der Waals surface area contributed by atoms with Crippen molar-refractivity contribution in [3.8, 4) is 0 Å². The molecule has 0 spiro atoms. The van der Waals surface area contributed by atoms with E-state index in [9.17, 15) is 14.4 Å². The summed E-state index contributed by atoms with van der Waals surface area (Å²) in [4.78, 5) is 35.2. The number of carbonyl (C=O) groups is 3. The molecule has 0 saturated carbocycles. The van der Waals surface area contributed by atoms with Crippen molar-refractivity contribution in [2.24, 2.45) is 11.7 Å². The predicted octanol–water partition coefficient (Wildman–Crippen LogP) is 2.04. The molecule has 0 saturated heterocycles. The van der Waals surface area contributed by atoms with Crippen LogP contribution in [0.3, 0.4) is 0 Å². The fraction of sp³-hybridized carbons (Fsp3) is 0.357. The SMILES string of the molecule is C[C@H](C(=O)O)[C@@H](C)N(C(N)=O)C(=O)NCc1ccc(Cl)cc1. The summed E-state index contributed by atoms with van der Waals surface area (Å²) in [7, 11) is 0. The van der Waals surface area contributed by atoms with Crippen LogP contribution in [0.15, 0.2) is 24.3 Å². The molecule has 0 unspecified atom stereocenters. The van der Waals surface area contributed by atoms with E-state index in [1.165, 1.54) is 13.8 Å². The van der Waals surface area contributed by atoms with Gasteiger partial charge in [-0.2, -0.15) is 0 Å². The van der Waals surface area contributed by atoms with Crippen LogP contribution in [-0.4, -0.2) is 34.1 Å². The highest BCUT2D eigenvalue weighted by molar-refractivity contribution is 6.30. The van der Waals surface area contributed by atoms with Crippen molar-refractivity contribution in [2.75, 3.05) is 0 Å². The Labute approximate surface area is 133 Å². The molecule has 0 radical (unpaired) electrons. The summed E-state index contributed by atoms with van der Waals surface area (Å²) in [5.74, 6) is -2.06. The van der Waals surface area contributed by atoms with Crippen LogP contribution in [0.25, 0.3) is 0 Å². The second kappa shape index (κ2) is 7.65. The summed E-state index contributed by atoms with van der Waals surface area (Å²) >= 11 is 5.76. The van der Waals surface area contributed by atoms with Crippen molar-refractivity contribution >= 4 is 29.6 Å². The quantitative estimate of drug-likeness (QED) is 0.768. The molecule has 4 N–H and O–H groups in total. The second-order valence-electron chi connectivity index (χ2n) is 4.86. The summed E-state index contributed by atoms with van der Waals surface area (Å²) in [6.45, 7) is 3.01. The van der Waals surface area contributed by atoms with E-state index in [1.807, 2.05) is 0 Å². The standard InChI is InChI=1S/C14H18ClN3O4/c1-8(12(19)20)9(2)18(13(16)21)14(22)17-7-10-3-5-11(15)6-4-10/h3-6,8-9H,7H2,1-2H3,(H2,16,21)(H,17,22)(H,19,20)/t8-,9+/m0/s1. The molecule has 0 heterocycles. The van der Waals surface area contributed by atoms with E-state index in [4.69, 9.17) is 22.4 Å². The number of nitrogens with zero attached hydrogens (tertiary/aromatic N) is 1. The lowest BCUT2D eigenvalue weighted by Gasteiger charge is -2.28. The first-order chi connectivity index (χ1) is 10.2. The molecule has 1 rings (SSSR count). The Morgan fingerprint density at radius 1 is 1.27 bits per heavy atom. The van der Waals surface area contributed by atoms with Gasteiger partial charge in [0, 0.05) is 11.6 Å². The minimum Gasteiger partial charge on any atom is -0.481 e. The summed E-state index contributed by atoms with van der Waals surface area (Å²) in [5, 5.41) is 12.1. The molecule has 0 aromatic heterocycles. The third kappa shape index (κ3) is 4.63. The molecule has 0 bridgehead atoms. The maximum Gasteiger partial charge on any atom is 0.326 e. The number of imide groups is 1. The van der Waals surface area contributed by atoms with Crippen molar-refractivity contribution in [1.29, 1.82) is 0 Å². The lowest BCUT2D eigenvalue weighted by atomic mass is 10.0. The average molecular weight is 328 g/mol. The highest BCUT2D eigenvalue weighted by atomic mass is 35.5. The Hall–Kier alpha value is -2.28. The van der Waals surface area contributed by atoms with Crippen LogP contribution in [0.2, 0.25) is 5.02 Å². The minimum absolute atomic E-state index is 0.161. The van der Waals surface area contributed by atoms with Gasteiger partial charge in [-0.25, -0.2) is 14.5 Å². The van der Waals surface area contributed by atoms with E-state index in [1.54, 1.807) is 24.3 Å². The lowest BCUT2D eigenvalue weighted by Crippen LogP contribution is -2.53. The molecule has 120 valence electrons. The van der Waals surface area contributed by atoms with Crippen molar-refractivity contribution in [3.63, 3.8) is 0 Å². The number of rotatable bonds is 5. The molecular weight excluding hydrogens is 310 g/mol. The van der Waals surface area contributed by atoms with E-state index >= 15 is 0 Å². The molecule has 0 fully saturated rings. The van der Waals surface area contributed by atoms with Crippen molar-refractivity contribution in [1.82, 2.24) is 10.2 Å². The molecular formula is C14H18ClN3O4. The summed E-state index contributed by atoms with van der Waals surface area (Å²) in [6, 6.07) is 4.16. The molecule has 0 aliphatic heterocycles. The fourth-order valence-electron chi connectivity index (χ4n) is 1.78. The Balaban J connectivity index is 2.75. The van der Waals surface area contributed by atoms with Crippen LogP contribution >= 0.6 is 11.6 Å². The number of carbonyl (C=O) groups excluding carboxylic acids is 2. The molecule has 0 aliphatic rings. The summed E-state index contributed by atoms with van der Waals surface area (Å²) < 4.78 is 0. The van der Waals surface area contributed by atoms with Crippen LogP contribution in [-0.2, 0) is 11.3 Å². The fourth-order valence-corrected chi connectivity index (χ4v) is 1.91. The monoisotopic (exact) mass is 327 g/mol. The van der Waals surface area contributed by atoms with Crippen LogP contribution in [0.1, 0.15) is 19.4 Å². The largest absolute Gasteiger partial charge is 0.481 e. The van der Waals surface area contributed by atoms with Crippen molar-refractivity contribution in [2.45, 2.75) is 26.4 Å². The van der Waals surface area contributed by atoms with E-state index < -0.39 is 30.0 Å². The van der Waals surface area contributed by atoms with E-state index in [2.05, 4.69) is 5.32 Å². The van der Waals surface area contributed by atoms with Crippen molar-refractivity contribution in [3.05, 3.63) is 34.9 Å². The highest BCUT2D eigenvalue weighted by Crippen LogP contribution is 2.13. The van der Waals surface area contributed by atoms with E-state index in [-0.39, 0.29) is 6.54 Å². The zero-order valence-electron chi connectivity index (χ0n) is 12.2. The van der Waals surface area contributed by atoms with Gasteiger partial charge in [0.05, 0.1) is 12.0 Å². The zero-order valence-corrected chi connectivity index (χ0v) is 13.0. The van der Waals surface area contributed by atoms with Gasteiger partial charge in [-0.1, -0.05) is 23.7 Å². The third-order valence-electron chi connectivity index (χ3n) is 3.33. The minimum atomic E-state index is -1.12. The number of amides is 4. The number of hydrogen-bond donors (Lipinski definition) is 3. The normalized spacial score (nSPS) is 13.0. The summed E-state index contributed by atoms with van der Waals surface area (Å²) in [5.41, 5.74) is 5.96. The average Bonchev–Trinajstić information content (AvgIpc) is 2.45. The highest BCUT2D eigenvalue weighted by Gasteiger charge is 2.32. The van der Waals surface area contributed by atoms with Gasteiger partial charge in [-0.15, -0.1) is 0 Å². The zero-order chi connectivity index (χ0) is 16.9. The first-order valence-electron chi connectivity index (χ1n) is 6.57. The number of carboxylic acid groups (broad SMARTS) is 1. The number of carboxylic acids is 1. The van der Waals surface area contributed by atoms with Gasteiger partial charge in [-0.3, -0.25) is 4.79 Å². The molecule has 7 nitrogen and oxygen atoms in total. The van der Waals surface area contributed by atoms with Crippen LogP contribution < -0.4 is 11.1 Å². The van der Waals surface area contributed by atoms with Gasteiger partial charge in [0.2, 0.25) is 0 Å². The first kappa shape index (κ1) is 17.8. The summed E-state index contributed by atoms with van der Waals surface area (Å²) in [6.07, 6.45) is 0. The topological polar surface area (TPSA) is 113 Å². The predicted molar refractivity (Wildman–Crippen MR) is 81.4 cm³/mol. The van der Waals surface area contributed by atoms with Gasteiger partial charge in [0.1, 0.15) is 0 Å². The van der Waals surface area contributed by atoms with E-state index in [0.29, 0.717) is 9.92 Å². The smallest absolute Gasteiger partial charge is 0.326 e. The second-order valence-corrected chi connectivity index (χ2v) is 5.30. The number of halogens is 1. The third-order valence-corrected chi connectivity index (χ3v) is 3.59. The molecule has 8 heteroatoms. The maximum absolute atomic E-state index is 12.1. The number of primary amides is 1. The van der Waals surface area contributed by atoms with Gasteiger partial charge in [0.25, 0.3) is 0 Å². The van der Waals surface area contributed by atoms with Crippen LogP contribution in [0.5, 0.6) is 0 Å². The van der Waals surface area contributed by atoms with Gasteiger partial charge >= 0.3 is 18.0 Å².